The fraction of sp³-hybridized carbons (Fsp3) is 0.333. The van der Waals surface area contributed by atoms with Crippen molar-refractivity contribution in [2.75, 3.05) is 11.5 Å². The molecule has 2 aromatic carbocycles. The summed E-state index contributed by atoms with van der Waals surface area (Å²) in [5.41, 5.74) is -0.203. The van der Waals surface area contributed by atoms with Crippen LogP contribution in [-0.4, -0.2) is 34.0 Å². The van der Waals surface area contributed by atoms with E-state index in [-0.39, 0.29) is 12.3 Å². The lowest BCUT2D eigenvalue weighted by Gasteiger charge is -2.33. The smallest absolute Gasteiger partial charge is 0.329 e. The summed E-state index contributed by atoms with van der Waals surface area (Å²) in [5.74, 6) is 0.379. The number of hydrogen-bond donors (Lipinski definition) is 2. The summed E-state index contributed by atoms with van der Waals surface area (Å²) in [5, 5.41) is 14.5. The molecular weight excluding hydrogens is 310 g/mol. The topological polar surface area (TPSA) is 66.4 Å². The zero-order chi connectivity index (χ0) is 16.3. The Bertz CT molecular complexity index is 738. The highest BCUT2D eigenvalue weighted by molar-refractivity contribution is 7.99. The van der Waals surface area contributed by atoms with E-state index in [4.69, 9.17) is 0 Å². The first-order valence-electron chi connectivity index (χ1n) is 7.69. The van der Waals surface area contributed by atoms with E-state index in [1.807, 2.05) is 42.5 Å². The molecule has 2 aromatic rings. The van der Waals surface area contributed by atoms with Crippen molar-refractivity contribution < 1.29 is 14.7 Å². The molecule has 0 spiro atoms. The van der Waals surface area contributed by atoms with Crippen molar-refractivity contribution in [3.8, 4) is 0 Å². The number of thioether (sulfide) groups is 1. The molecule has 0 saturated carbocycles. The van der Waals surface area contributed by atoms with Gasteiger partial charge in [-0.25, -0.2) is 4.79 Å². The van der Waals surface area contributed by atoms with Gasteiger partial charge in [0.2, 0.25) is 5.91 Å². The molecule has 3 rings (SSSR count). The zero-order valence-corrected chi connectivity index (χ0v) is 13.6. The van der Waals surface area contributed by atoms with E-state index in [0.717, 1.165) is 27.8 Å². The number of nitrogens with one attached hydrogen (secondary N) is 1. The third-order valence-corrected chi connectivity index (χ3v) is 5.30. The van der Waals surface area contributed by atoms with Crippen LogP contribution < -0.4 is 5.32 Å². The van der Waals surface area contributed by atoms with Crippen molar-refractivity contribution in [3.05, 3.63) is 48.0 Å². The van der Waals surface area contributed by atoms with E-state index in [1.165, 1.54) is 0 Å². The van der Waals surface area contributed by atoms with E-state index in [0.29, 0.717) is 12.8 Å². The van der Waals surface area contributed by atoms with Crippen LogP contribution in [-0.2, 0) is 16.0 Å². The van der Waals surface area contributed by atoms with Crippen LogP contribution in [0, 0.1) is 0 Å². The molecule has 1 saturated heterocycles. The van der Waals surface area contributed by atoms with Gasteiger partial charge in [-0.1, -0.05) is 42.5 Å². The van der Waals surface area contributed by atoms with Crippen LogP contribution in [0.1, 0.15) is 18.4 Å². The highest BCUT2D eigenvalue weighted by Gasteiger charge is 2.41. The highest BCUT2D eigenvalue weighted by atomic mass is 32.2. The molecule has 1 heterocycles. The monoisotopic (exact) mass is 329 g/mol. The van der Waals surface area contributed by atoms with Gasteiger partial charge < -0.3 is 10.4 Å². The van der Waals surface area contributed by atoms with Gasteiger partial charge in [0.05, 0.1) is 6.42 Å². The number of aliphatic carboxylic acids is 1. The molecule has 0 aromatic heterocycles. The van der Waals surface area contributed by atoms with E-state index >= 15 is 0 Å². The molecule has 1 amide bonds. The van der Waals surface area contributed by atoms with Gasteiger partial charge in [0.15, 0.2) is 0 Å². The lowest BCUT2D eigenvalue weighted by atomic mass is 9.92. The van der Waals surface area contributed by atoms with Crippen LogP contribution >= 0.6 is 11.8 Å². The Morgan fingerprint density at radius 1 is 1.09 bits per heavy atom. The van der Waals surface area contributed by atoms with Gasteiger partial charge in [-0.3, -0.25) is 4.79 Å². The van der Waals surface area contributed by atoms with Crippen LogP contribution in [0.15, 0.2) is 42.5 Å². The predicted octanol–water partition coefficient (Wildman–Crippen LogP) is 2.85. The van der Waals surface area contributed by atoms with E-state index < -0.39 is 11.5 Å². The van der Waals surface area contributed by atoms with Crippen molar-refractivity contribution >= 4 is 34.4 Å². The van der Waals surface area contributed by atoms with E-state index in [2.05, 4.69) is 5.32 Å². The number of amides is 1. The number of hydrogen-bond acceptors (Lipinski definition) is 3. The SMILES string of the molecule is O=C(Cc1ccc2ccccc2c1)NC1(C(=O)O)CCSCC1. The molecule has 23 heavy (non-hydrogen) atoms. The minimum Gasteiger partial charge on any atom is -0.480 e. The Kier molecular flexibility index (Phi) is 4.57. The van der Waals surface area contributed by atoms with Gasteiger partial charge in [0.1, 0.15) is 5.54 Å². The maximum absolute atomic E-state index is 12.3. The highest BCUT2D eigenvalue weighted by Crippen LogP contribution is 2.27. The molecule has 0 bridgehead atoms. The molecule has 0 atom stereocenters. The van der Waals surface area contributed by atoms with Gasteiger partial charge >= 0.3 is 5.97 Å². The fourth-order valence-electron chi connectivity index (χ4n) is 2.96. The van der Waals surface area contributed by atoms with Crippen molar-refractivity contribution in [1.82, 2.24) is 5.32 Å². The van der Waals surface area contributed by atoms with Crippen LogP contribution in [0.4, 0.5) is 0 Å². The lowest BCUT2D eigenvalue weighted by molar-refractivity contribution is -0.148. The Labute approximate surface area is 139 Å². The molecule has 1 aliphatic heterocycles. The summed E-state index contributed by atoms with van der Waals surface area (Å²) in [6.45, 7) is 0. The first-order valence-corrected chi connectivity index (χ1v) is 8.84. The van der Waals surface area contributed by atoms with Crippen molar-refractivity contribution in [3.63, 3.8) is 0 Å². The lowest BCUT2D eigenvalue weighted by Crippen LogP contribution is -2.56. The maximum Gasteiger partial charge on any atom is 0.329 e. The first-order chi connectivity index (χ1) is 11.1. The summed E-state index contributed by atoms with van der Waals surface area (Å²) in [6.07, 6.45) is 1.17. The number of carboxylic acids is 1. The maximum atomic E-state index is 12.3. The molecule has 5 heteroatoms. The Balaban J connectivity index is 1.73. The molecule has 2 N–H and O–H groups in total. The van der Waals surface area contributed by atoms with E-state index in [1.54, 1.807) is 11.8 Å². The molecule has 0 radical (unpaired) electrons. The molecule has 120 valence electrons. The average Bonchev–Trinajstić information content (AvgIpc) is 2.55. The van der Waals surface area contributed by atoms with Crippen LogP contribution in [0.2, 0.25) is 0 Å². The summed E-state index contributed by atoms with van der Waals surface area (Å²) in [7, 11) is 0. The number of carbonyl (C=O) groups is 2. The predicted molar refractivity (Wildman–Crippen MR) is 92.7 cm³/mol. The average molecular weight is 329 g/mol. The molecule has 0 unspecified atom stereocenters. The molecule has 1 aliphatic rings. The van der Waals surface area contributed by atoms with Crippen molar-refractivity contribution in [2.45, 2.75) is 24.8 Å². The Morgan fingerprint density at radius 3 is 2.48 bits per heavy atom. The van der Waals surface area contributed by atoms with Gasteiger partial charge in [-0.2, -0.15) is 11.8 Å². The normalized spacial score (nSPS) is 16.9. The fourth-order valence-corrected chi connectivity index (χ4v) is 4.15. The summed E-state index contributed by atoms with van der Waals surface area (Å²) in [4.78, 5) is 24.0. The van der Waals surface area contributed by atoms with Gasteiger partial charge in [0.25, 0.3) is 0 Å². The zero-order valence-electron chi connectivity index (χ0n) is 12.7. The number of carboxylic acid groups (broad SMARTS) is 1. The largest absolute Gasteiger partial charge is 0.480 e. The Hall–Kier alpha value is -2.01. The Morgan fingerprint density at radius 2 is 1.78 bits per heavy atom. The molecule has 1 fully saturated rings. The van der Waals surface area contributed by atoms with Crippen molar-refractivity contribution in [2.24, 2.45) is 0 Å². The quantitative estimate of drug-likeness (QED) is 0.905. The van der Waals surface area contributed by atoms with Gasteiger partial charge in [-0.05, 0) is 40.7 Å². The van der Waals surface area contributed by atoms with Crippen molar-refractivity contribution in [1.29, 1.82) is 0 Å². The molecular formula is C18H19NO3S. The third-order valence-electron chi connectivity index (χ3n) is 4.31. The van der Waals surface area contributed by atoms with Crippen LogP contribution in [0.5, 0.6) is 0 Å². The van der Waals surface area contributed by atoms with Crippen LogP contribution in [0.25, 0.3) is 10.8 Å². The number of rotatable bonds is 4. The second-order valence-corrected chi connectivity index (χ2v) is 7.13. The standard InChI is InChI=1S/C18H19NO3S/c20-16(19-18(17(21)22)7-9-23-10-8-18)12-13-5-6-14-3-1-2-4-15(14)11-13/h1-6,11H,7-10,12H2,(H,19,20)(H,21,22). The minimum absolute atomic E-state index is 0.201. The summed E-state index contributed by atoms with van der Waals surface area (Å²) < 4.78 is 0. The second-order valence-electron chi connectivity index (χ2n) is 5.91. The first kappa shape index (κ1) is 15.9. The van der Waals surface area contributed by atoms with Gasteiger partial charge in [0, 0.05) is 0 Å². The van der Waals surface area contributed by atoms with Crippen LogP contribution in [0.3, 0.4) is 0 Å². The second kappa shape index (κ2) is 6.62. The number of fused-ring (bicyclic) bond motifs is 1. The molecule has 4 nitrogen and oxygen atoms in total. The summed E-state index contributed by atoms with van der Waals surface area (Å²) in [6, 6.07) is 13.9. The number of benzene rings is 2. The van der Waals surface area contributed by atoms with Gasteiger partial charge in [-0.15, -0.1) is 0 Å². The number of carbonyl (C=O) groups excluding carboxylic acids is 1. The van der Waals surface area contributed by atoms with E-state index in [9.17, 15) is 14.7 Å². The third kappa shape index (κ3) is 3.50. The minimum atomic E-state index is -1.10. The molecule has 0 aliphatic carbocycles. The summed E-state index contributed by atoms with van der Waals surface area (Å²) >= 11 is 1.73.